The van der Waals surface area contributed by atoms with Crippen LogP contribution in [0.2, 0.25) is 0 Å². The van der Waals surface area contributed by atoms with Crippen LogP contribution in [0, 0.1) is 12.8 Å². The molecule has 0 atom stereocenters. The summed E-state index contributed by atoms with van der Waals surface area (Å²) in [4.78, 5) is 27.6. The highest BCUT2D eigenvalue weighted by molar-refractivity contribution is 7.99. The van der Waals surface area contributed by atoms with Gasteiger partial charge in [0.25, 0.3) is 5.91 Å². The highest BCUT2D eigenvalue weighted by Crippen LogP contribution is 2.20. The average Bonchev–Trinajstić information content (AvgIpc) is 3.21. The van der Waals surface area contributed by atoms with Crippen LogP contribution >= 0.6 is 11.8 Å². The fourth-order valence-electron chi connectivity index (χ4n) is 3.04. The number of piperidine rings is 1. The van der Waals surface area contributed by atoms with Crippen molar-refractivity contribution >= 4 is 23.6 Å². The zero-order valence-electron chi connectivity index (χ0n) is 14.9. The fourth-order valence-corrected chi connectivity index (χ4v) is 3.80. The Bertz CT molecular complexity index is 720. The third-order valence-electron chi connectivity index (χ3n) is 4.61. The number of carbonyl (C=O) groups excluding carboxylic acids is 2. The highest BCUT2D eigenvalue weighted by atomic mass is 32.2. The Kier molecular flexibility index (Phi) is 6.39. The zero-order valence-corrected chi connectivity index (χ0v) is 15.8. The quantitative estimate of drug-likeness (QED) is 0.624. The molecule has 0 bridgehead atoms. The summed E-state index contributed by atoms with van der Waals surface area (Å²) in [6.45, 7) is 3.95. The molecule has 6 heteroatoms. The van der Waals surface area contributed by atoms with Crippen LogP contribution in [-0.4, -0.2) is 42.1 Å². The van der Waals surface area contributed by atoms with Gasteiger partial charge in [-0.25, -0.2) is 0 Å². The second-order valence-electron chi connectivity index (χ2n) is 6.53. The van der Waals surface area contributed by atoms with Crippen molar-refractivity contribution in [2.24, 2.45) is 5.92 Å². The molecule has 0 saturated carbocycles. The van der Waals surface area contributed by atoms with Crippen LogP contribution in [0.25, 0.3) is 0 Å². The Morgan fingerprint density at radius 3 is 2.58 bits per heavy atom. The fraction of sp³-hybridized carbons (Fsp3) is 0.400. The van der Waals surface area contributed by atoms with Gasteiger partial charge in [-0.15, -0.1) is 11.8 Å². The van der Waals surface area contributed by atoms with Gasteiger partial charge in [-0.05, 0) is 38.0 Å². The van der Waals surface area contributed by atoms with E-state index in [-0.39, 0.29) is 17.7 Å². The molecule has 3 rings (SSSR count). The van der Waals surface area contributed by atoms with E-state index in [9.17, 15) is 9.59 Å². The first-order valence-corrected chi connectivity index (χ1v) is 9.90. The van der Waals surface area contributed by atoms with Crippen molar-refractivity contribution in [3.8, 4) is 0 Å². The number of rotatable bonds is 6. The monoisotopic (exact) mass is 372 g/mol. The lowest BCUT2D eigenvalue weighted by Gasteiger charge is -2.31. The lowest BCUT2D eigenvalue weighted by Crippen LogP contribution is -2.43. The summed E-state index contributed by atoms with van der Waals surface area (Å²) in [7, 11) is 0. The summed E-state index contributed by atoms with van der Waals surface area (Å²) in [5.41, 5.74) is 1.82. The minimum Gasteiger partial charge on any atom is -0.472 e. The molecular formula is C20H24N2O3S. The van der Waals surface area contributed by atoms with E-state index in [4.69, 9.17) is 4.42 Å². The van der Waals surface area contributed by atoms with Crippen molar-refractivity contribution in [2.45, 2.75) is 24.7 Å². The molecule has 1 N–H and O–H groups in total. The zero-order chi connectivity index (χ0) is 18.4. The second-order valence-corrected chi connectivity index (χ2v) is 7.70. The summed E-state index contributed by atoms with van der Waals surface area (Å²) < 4.78 is 4.96. The Morgan fingerprint density at radius 1 is 1.19 bits per heavy atom. The van der Waals surface area contributed by atoms with E-state index in [0.717, 1.165) is 5.75 Å². The van der Waals surface area contributed by atoms with Gasteiger partial charge >= 0.3 is 0 Å². The van der Waals surface area contributed by atoms with E-state index in [1.165, 1.54) is 23.0 Å². The maximum Gasteiger partial charge on any atom is 0.257 e. The minimum atomic E-state index is -0.0212. The van der Waals surface area contributed by atoms with Gasteiger partial charge in [0.15, 0.2) is 0 Å². The summed E-state index contributed by atoms with van der Waals surface area (Å²) in [5.74, 6) is 0.928. The highest BCUT2D eigenvalue weighted by Gasteiger charge is 2.27. The molecule has 0 radical (unpaired) electrons. The summed E-state index contributed by atoms with van der Waals surface area (Å²) in [6.07, 6.45) is 4.38. The standard InChI is InChI=1S/C20H24N2O3S/c1-15-2-4-18(5-3-15)26-13-9-21-19(23)16-6-10-22(11-7-16)20(24)17-8-12-25-14-17/h2-5,8,12,14,16H,6-7,9-11,13H2,1H3,(H,21,23). The molecule has 1 saturated heterocycles. The third kappa shape index (κ3) is 4.91. The number of aryl methyl sites for hydroxylation is 1. The maximum absolute atomic E-state index is 12.3. The molecule has 1 aromatic heterocycles. The number of furan rings is 1. The second kappa shape index (κ2) is 8.94. The van der Waals surface area contributed by atoms with Crippen LogP contribution in [-0.2, 0) is 4.79 Å². The smallest absolute Gasteiger partial charge is 0.257 e. The van der Waals surface area contributed by atoms with Gasteiger partial charge in [-0.3, -0.25) is 9.59 Å². The molecule has 0 aliphatic carbocycles. The van der Waals surface area contributed by atoms with Crippen LogP contribution in [0.3, 0.4) is 0 Å². The van der Waals surface area contributed by atoms with Gasteiger partial charge in [-0.2, -0.15) is 0 Å². The normalized spacial score (nSPS) is 15.0. The van der Waals surface area contributed by atoms with Gasteiger partial charge in [0.1, 0.15) is 6.26 Å². The number of likely N-dealkylation sites (tertiary alicyclic amines) is 1. The Labute approximate surface area is 158 Å². The molecule has 2 amide bonds. The van der Waals surface area contributed by atoms with Crippen LogP contribution in [0.4, 0.5) is 0 Å². The lowest BCUT2D eigenvalue weighted by molar-refractivity contribution is -0.126. The summed E-state index contributed by atoms with van der Waals surface area (Å²) in [5, 5.41) is 3.03. The van der Waals surface area contributed by atoms with Crippen molar-refractivity contribution in [3.05, 3.63) is 54.0 Å². The number of hydrogen-bond acceptors (Lipinski definition) is 4. The Morgan fingerprint density at radius 2 is 1.92 bits per heavy atom. The van der Waals surface area contributed by atoms with Crippen LogP contribution in [0.15, 0.2) is 52.2 Å². The molecule has 1 aliphatic heterocycles. The number of carbonyl (C=O) groups is 2. The SMILES string of the molecule is Cc1ccc(SCCNC(=O)C2CCN(C(=O)c3ccoc3)CC2)cc1. The number of thioether (sulfide) groups is 1. The van der Waals surface area contributed by atoms with Crippen molar-refractivity contribution in [1.82, 2.24) is 10.2 Å². The molecule has 0 spiro atoms. The molecule has 2 aromatic rings. The summed E-state index contributed by atoms with van der Waals surface area (Å²) >= 11 is 1.74. The Balaban J connectivity index is 1.36. The van der Waals surface area contributed by atoms with Crippen LogP contribution in [0.1, 0.15) is 28.8 Å². The molecule has 1 aromatic carbocycles. The van der Waals surface area contributed by atoms with Crippen molar-refractivity contribution < 1.29 is 14.0 Å². The first-order chi connectivity index (χ1) is 12.6. The summed E-state index contributed by atoms with van der Waals surface area (Å²) in [6, 6.07) is 10.1. The van der Waals surface area contributed by atoms with Crippen LogP contribution in [0.5, 0.6) is 0 Å². The predicted molar refractivity (Wildman–Crippen MR) is 102 cm³/mol. The van der Waals surface area contributed by atoms with Gasteiger partial charge < -0.3 is 14.6 Å². The van der Waals surface area contributed by atoms with Gasteiger partial charge in [0.05, 0.1) is 11.8 Å². The van der Waals surface area contributed by atoms with Gasteiger partial charge in [0, 0.05) is 36.2 Å². The van der Waals surface area contributed by atoms with E-state index in [0.29, 0.717) is 38.0 Å². The van der Waals surface area contributed by atoms with Crippen LogP contribution < -0.4 is 5.32 Å². The maximum atomic E-state index is 12.3. The number of nitrogens with zero attached hydrogens (tertiary/aromatic N) is 1. The van der Waals surface area contributed by atoms with Crippen molar-refractivity contribution in [2.75, 3.05) is 25.4 Å². The molecule has 2 heterocycles. The third-order valence-corrected chi connectivity index (χ3v) is 5.63. The Hall–Kier alpha value is -2.21. The molecular weight excluding hydrogens is 348 g/mol. The predicted octanol–water partition coefficient (Wildman–Crippen LogP) is 3.35. The molecule has 5 nitrogen and oxygen atoms in total. The van der Waals surface area contributed by atoms with E-state index in [1.807, 2.05) is 0 Å². The molecule has 1 fully saturated rings. The number of nitrogens with one attached hydrogen (secondary N) is 1. The van der Waals surface area contributed by atoms with E-state index >= 15 is 0 Å². The molecule has 26 heavy (non-hydrogen) atoms. The molecule has 138 valence electrons. The topological polar surface area (TPSA) is 62.6 Å². The number of hydrogen-bond donors (Lipinski definition) is 1. The molecule has 1 aliphatic rings. The van der Waals surface area contributed by atoms with Crippen molar-refractivity contribution in [3.63, 3.8) is 0 Å². The average molecular weight is 372 g/mol. The first-order valence-electron chi connectivity index (χ1n) is 8.92. The van der Waals surface area contributed by atoms with E-state index in [1.54, 1.807) is 22.7 Å². The largest absolute Gasteiger partial charge is 0.472 e. The first kappa shape index (κ1) is 18.6. The number of benzene rings is 1. The van der Waals surface area contributed by atoms with Gasteiger partial charge in [-0.1, -0.05) is 17.7 Å². The van der Waals surface area contributed by atoms with E-state index in [2.05, 4.69) is 36.5 Å². The molecule has 0 unspecified atom stereocenters. The van der Waals surface area contributed by atoms with Gasteiger partial charge in [0.2, 0.25) is 5.91 Å². The lowest BCUT2D eigenvalue weighted by atomic mass is 9.95. The number of amides is 2. The van der Waals surface area contributed by atoms with E-state index < -0.39 is 0 Å². The minimum absolute atomic E-state index is 0.00669. The van der Waals surface area contributed by atoms with Crippen molar-refractivity contribution in [1.29, 1.82) is 0 Å².